The number of pyridine rings is 1. The summed E-state index contributed by atoms with van der Waals surface area (Å²) in [6.07, 6.45) is 1.59. The molecule has 2 rings (SSSR count). The molecule has 0 unspecified atom stereocenters. The zero-order chi connectivity index (χ0) is 14.4. The van der Waals surface area contributed by atoms with Crippen molar-refractivity contribution in [3.63, 3.8) is 0 Å². The Labute approximate surface area is 122 Å². The first-order valence-corrected chi connectivity index (χ1v) is 6.30. The summed E-state index contributed by atoms with van der Waals surface area (Å²) in [6.45, 7) is 1.30. The minimum Gasteiger partial charge on any atom is -0.295 e. The molecule has 0 bridgehead atoms. The molecule has 0 radical (unpaired) electrons. The summed E-state index contributed by atoms with van der Waals surface area (Å²) in [7, 11) is 0. The zero-order valence-corrected chi connectivity index (χ0v) is 12.2. The van der Waals surface area contributed by atoms with E-state index in [2.05, 4.69) is 20.9 Å². The second-order valence-electron chi connectivity index (χ2n) is 3.48. The minimum atomic E-state index is -0.988. The summed E-state index contributed by atoms with van der Waals surface area (Å²) in [4.78, 5) is 14.5. The summed E-state index contributed by atoms with van der Waals surface area (Å²) in [5.74, 6) is -2.20. The lowest BCUT2D eigenvalue weighted by molar-refractivity contribution is 0.101. The van der Waals surface area contributed by atoms with Gasteiger partial charge < -0.3 is 0 Å². The smallest absolute Gasteiger partial charge is 0.159 e. The van der Waals surface area contributed by atoms with Gasteiger partial charge in [0.1, 0.15) is 4.60 Å². The van der Waals surface area contributed by atoms with E-state index in [1.54, 1.807) is 18.3 Å². The summed E-state index contributed by atoms with van der Waals surface area (Å²) in [5.41, 5.74) is 0.184. The molecule has 1 aromatic carbocycles. The first-order chi connectivity index (χ1) is 8.90. The van der Waals surface area contributed by atoms with Crippen molar-refractivity contribution in [2.24, 2.45) is 0 Å². The number of nitrogens with zero attached hydrogens (tertiary/aromatic N) is 1. The van der Waals surface area contributed by atoms with Crippen molar-refractivity contribution in [2.45, 2.75) is 6.92 Å². The number of aromatic nitrogens is 1. The Kier molecular flexibility index (Phi) is 6.05. The zero-order valence-electron chi connectivity index (χ0n) is 9.83. The highest BCUT2D eigenvalue weighted by Gasteiger charge is 2.04. The van der Waals surface area contributed by atoms with E-state index < -0.39 is 11.6 Å². The fraction of sp³-hybridized carbons (Fsp3) is 0.0769. The predicted molar refractivity (Wildman–Crippen MR) is 73.3 cm³/mol. The van der Waals surface area contributed by atoms with E-state index in [4.69, 9.17) is 11.6 Å². The van der Waals surface area contributed by atoms with Gasteiger partial charge in [-0.1, -0.05) is 11.6 Å². The van der Waals surface area contributed by atoms with Crippen LogP contribution in [0.5, 0.6) is 0 Å². The number of Topliss-reactive ketones (excluding diaryl/α,β-unsaturated/α-hetero) is 1. The lowest BCUT2D eigenvalue weighted by atomic mass is 10.1. The largest absolute Gasteiger partial charge is 0.295 e. The highest BCUT2D eigenvalue weighted by atomic mass is 79.9. The Morgan fingerprint density at radius 1 is 1.21 bits per heavy atom. The van der Waals surface area contributed by atoms with Gasteiger partial charge in [-0.2, -0.15) is 0 Å². The van der Waals surface area contributed by atoms with Crippen molar-refractivity contribution in [3.05, 3.63) is 63.4 Å². The average Bonchev–Trinajstić information content (AvgIpc) is 2.37. The second-order valence-corrected chi connectivity index (χ2v) is 4.73. The topological polar surface area (TPSA) is 30.0 Å². The summed E-state index contributed by atoms with van der Waals surface area (Å²) >= 11 is 8.70. The van der Waals surface area contributed by atoms with Crippen molar-refractivity contribution in [2.75, 3.05) is 0 Å². The van der Waals surface area contributed by atoms with E-state index in [0.717, 1.165) is 16.7 Å². The van der Waals surface area contributed by atoms with Crippen molar-refractivity contribution in [3.8, 4) is 0 Å². The molecule has 0 aliphatic heterocycles. The third kappa shape index (κ3) is 5.44. The van der Waals surface area contributed by atoms with Crippen LogP contribution < -0.4 is 0 Å². The van der Waals surface area contributed by atoms with Crippen LogP contribution in [-0.2, 0) is 0 Å². The molecule has 1 aromatic heterocycles. The number of benzene rings is 1. The number of carbonyl (C=O) groups excluding carboxylic acids is 1. The van der Waals surface area contributed by atoms with E-state index in [9.17, 15) is 13.6 Å². The molecule has 0 saturated carbocycles. The Hall–Kier alpha value is -1.33. The number of rotatable bonds is 1. The van der Waals surface area contributed by atoms with Gasteiger partial charge in [-0.15, -0.1) is 0 Å². The minimum absolute atomic E-state index is 0.184. The van der Waals surface area contributed by atoms with E-state index in [0.29, 0.717) is 5.02 Å². The Balaban J connectivity index is 0.000000200. The van der Waals surface area contributed by atoms with Crippen molar-refractivity contribution in [1.82, 2.24) is 4.98 Å². The fourth-order valence-electron chi connectivity index (χ4n) is 1.07. The first kappa shape index (κ1) is 15.7. The fourth-order valence-corrected chi connectivity index (χ4v) is 1.42. The molecule has 6 heteroatoms. The van der Waals surface area contributed by atoms with Crippen molar-refractivity contribution >= 4 is 33.3 Å². The molecular formula is C13H9BrClF2NO. The lowest BCUT2D eigenvalue weighted by Gasteiger charge is -1.95. The number of halogens is 4. The molecular weight excluding hydrogens is 340 g/mol. The predicted octanol–water partition coefficient (Wildman–Crippen LogP) is 4.66. The van der Waals surface area contributed by atoms with Crippen LogP contribution in [0.25, 0.3) is 0 Å². The average molecular weight is 349 g/mol. The molecule has 100 valence electrons. The standard InChI is InChI=1S/C8H6F2O.C5H3BrClN/c1-5(11)6-2-3-7(9)8(10)4-6;6-5-2-1-4(7)3-8-5/h2-4H,1H3;1-3H. The normalized spacial score (nSPS) is 9.53. The third-order valence-corrected chi connectivity index (χ3v) is 2.71. The van der Waals surface area contributed by atoms with Gasteiger partial charge in [-0.25, -0.2) is 13.8 Å². The van der Waals surface area contributed by atoms with Crippen molar-refractivity contribution < 1.29 is 13.6 Å². The van der Waals surface area contributed by atoms with E-state index in [1.807, 2.05) is 0 Å². The molecule has 0 aliphatic rings. The summed E-state index contributed by atoms with van der Waals surface area (Å²) in [6, 6.07) is 6.64. The van der Waals surface area contributed by atoms with Gasteiger partial charge in [0.25, 0.3) is 0 Å². The third-order valence-electron chi connectivity index (χ3n) is 2.02. The Bertz CT molecular complexity index is 554. The van der Waals surface area contributed by atoms with Crippen LogP contribution in [0, 0.1) is 11.6 Å². The summed E-state index contributed by atoms with van der Waals surface area (Å²) in [5, 5.41) is 0.660. The maximum Gasteiger partial charge on any atom is 0.159 e. The highest BCUT2D eigenvalue weighted by molar-refractivity contribution is 9.10. The maximum absolute atomic E-state index is 12.4. The van der Waals surface area contributed by atoms with Crippen LogP contribution in [0.15, 0.2) is 41.1 Å². The van der Waals surface area contributed by atoms with Gasteiger partial charge in [-0.05, 0) is 53.2 Å². The van der Waals surface area contributed by atoms with Gasteiger partial charge in [0.15, 0.2) is 17.4 Å². The molecule has 2 aromatic rings. The van der Waals surface area contributed by atoms with Crippen LogP contribution in [0.1, 0.15) is 17.3 Å². The van der Waals surface area contributed by atoms with Crippen LogP contribution in [-0.4, -0.2) is 10.8 Å². The van der Waals surface area contributed by atoms with Gasteiger partial charge in [0.2, 0.25) is 0 Å². The van der Waals surface area contributed by atoms with E-state index in [1.165, 1.54) is 13.0 Å². The monoisotopic (exact) mass is 347 g/mol. The first-order valence-electron chi connectivity index (χ1n) is 5.13. The lowest BCUT2D eigenvalue weighted by Crippen LogP contribution is -1.94. The molecule has 1 heterocycles. The van der Waals surface area contributed by atoms with E-state index in [-0.39, 0.29) is 11.3 Å². The SMILES string of the molecule is CC(=O)c1ccc(F)c(F)c1.Clc1ccc(Br)nc1. The summed E-state index contributed by atoms with van der Waals surface area (Å²) < 4.78 is 25.5. The van der Waals surface area contributed by atoms with Crippen LogP contribution in [0.3, 0.4) is 0 Å². The van der Waals surface area contributed by atoms with Gasteiger partial charge in [-0.3, -0.25) is 4.79 Å². The molecule has 0 spiro atoms. The molecule has 2 nitrogen and oxygen atoms in total. The molecule has 0 fully saturated rings. The molecule has 0 saturated heterocycles. The number of hydrogen-bond donors (Lipinski definition) is 0. The molecule has 19 heavy (non-hydrogen) atoms. The molecule has 0 amide bonds. The number of hydrogen-bond acceptors (Lipinski definition) is 2. The molecule has 0 atom stereocenters. The van der Waals surface area contributed by atoms with Crippen molar-refractivity contribution in [1.29, 1.82) is 0 Å². The van der Waals surface area contributed by atoms with Gasteiger partial charge >= 0.3 is 0 Å². The van der Waals surface area contributed by atoms with Gasteiger partial charge in [0.05, 0.1) is 5.02 Å². The Morgan fingerprint density at radius 3 is 2.32 bits per heavy atom. The highest BCUT2D eigenvalue weighted by Crippen LogP contribution is 2.09. The van der Waals surface area contributed by atoms with Crippen LogP contribution in [0.4, 0.5) is 8.78 Å². The van der Waals surface area contributed by atoms with E-state index >= 15 is 0 Å². The maximum atomic E-state index is 12.4. The van der Waals surface area contributed by atoms with Crippen LogP contribution >= 0.6 is 27.5 Å². The van der Waals surface area contributed by atoms with Gasteiger partial charge in [0, 0.05) is 11.8 Å². The number of carbonyl (C=O) groups is 1. The number of ketones is 1. The molecule has 0 N–H and O–H groups in total. The van der Waals surface area contributed by atoms with Crippen LogP contribution in [0.2, 0.25) is 5.02 Å². The quantitative estimate of drug-likeness (QED) is 0.554. The second kappa shape index (κ2) is 7.31. The Morgan fingerprint density at radius 2 is 1.89 bits per heavy atom. The molecule has 0 aliphatic carbocycles.